The van der Waals surface area contributed by atoms with Crippen LogP contribution in [0.4, 0.5) is 5.69 Å². The predicted molar refractivity (Wildman–Crippen MR) is 109 cm³/mol. The van der Waals surface area contributed by atoms with Gasteiger partial charge in [0.2, 0.25) is 0 Å². The van der Waals surface area contributed by atoms with E-state index < -0.39 is 30.3 Å². The third-order valence-corrected chi connectivity index (χ3v) is 5.01. The van der Waals surface area contributed by atoms with E-state index in [0.29, 0.717) is 11.5 Å². The van der Waals surface area contributed by atoms with Crippen molar-refractivity contribution in [3.05, 3.63) is 84.3 Å². The van der Waals surface area contributed by atoms with E-state index in [-0.39, 0.29) is 6.61 Å². The van der Waals surface area contributed by atoms with Crippen LogP contribution in [0, 0.1) is 0 Å². The van der Waals surface area contributed by atoms with E-state index in [2.05, 4.69) is 5.32 Å². The van der Waals surface area contributed by atoms with E-state index in [1.807, 2.05) is 42.5 Å². The summed E-state index contributed by atoms with van der Waals surface area (Å²) in [5.74, 6) is 0.494. The van der Waals surface area contributed by atoms with Gasteiger partial charge >= 0.3 is 5.97 Å². The monoisotopic (exact) mass is 409 g/mol. The molecule has 0 radical (unpaired) electrons. The van der Waals surface area contributed by atoms with Gasteiger partial charge in [-0.3, -0.25) is 0 Å². The summed E-state index contributed by atoms with van der Waals surface area (Å²) in [6, 6.07) is 19.5. The smallest absolute Gasteiger partial charge is 0.338 e. The van der Waals surface area contributed by atoms with Gasteiger partial charge in [0.15, 0.2) is 18.3 Å². The molecule has 1 aliphatic rings. The average Bonchev–Trinajstić information content (AvgIpc) is 3.42. The van der Waals surface area contributed by atoms with Crippen LogP contribution in [0.2, 0.25) is 0 Å². The molecule has 1 aromatic heterocycles. The SMILES string of the molecule is COc1ccc(N[C@H]2[C@@H]([C@@H](O)c3ccco3)OC(=O)[C@H]2OCc2ccccc2)cc1. The molecule has 7 nitrogen and oxygen atoms in total. The molecule has 4 rings (SSSR count). The second-order valence-electron chi connectivity index (χ2n) is 6.98. The molecule has 0 bridgehead atoms. The van der Waals surface area contributed by atoms with Crippen molar-refractivity contribution in [2.75, 3.05) is 12.4 Å². The second-order valence-corrected chi connectivity index (χ2v) is 6.98. The Hall–Kier alpha value is -3.29. The number of aliphatic hydroxyl groups is 1. The molecule has 1 fully saturated rings. The van der Waals surface area contributed by atoms with E-state index in [1.54, 1.807) is 31.4 Å². The molecule has 0 unspecified atom stereocenters. The highest BCUT2D eigenvalue weighted by atomic mass is 16.6. The maximum absolute atomic E-state index is 12.6. The number of benzene rings is 2. The van der Waals surface area contributed by atoms with Crippen LogP contribution in [0.3, 0.4) is 0 Å². The Labute approximate surface area is 174 Å². The molecular formula is C23H23NO6. The number of carbonyl (C=O) groups is 1. The van der Waals surface area contributed by atoms with Gasteiger partial charge < -0.3 is 29.1 Å². The van der Waals surface area contributed by atoms with E-state index in [9.17, 15) is 9.90 Å². The minimum Gasteiger partial charge on any atom is -0.497 e. The fourth-order valence-corrected chi connectivity index (χ4v) is 3.45. The molecule has 30 heavy (non-hydrogen) atoms. The summed E-state index contributed by atoms with van der Waals surface area (Å²) in [6.45, 7) is 0.241. The third kappa shape index (κ3) is 4.32. The zero-order valence-corrected chi connectivity index (χ0v) is 16.4. The summed E-state index contributed by atoms with van der Waals surface area (Å²) in [5, 5.41) is 14.0. The number of hydrogen-bond acceptors (Lipinski definition) is 7. The number of hydrogen-bond donors (Lipinski definition) is 2. The highest BCUT2D eigenvalue weighted by Crippen LogP contribution is 2.32. The summed E-state index contributed by atoms with van der Waals surface area (Å²) in [6.07, 6.45) is -1.46. The first kappa shape index (κ1) is 20.0. The quantitative estimate of drug-likeness (QED) is 0.552. The summed E-state index contributed by atoms with van der Waals surface area (Å²) in [7, 11) is 1.59. The zero-order chi connectivity index (χ0) is 20.9. The van der Waals surface area contributed by atoms with Gasteiger partial charge in [-0.15, -0.1) is 0 Å². The van der Waals surface area contributed by atoms with Crippen LogP contribution < -0.4 is 10.1 Å². The maximum atomic E-state index is 12.6. The topological polar surface area (TPSA) is 90.2 Å². The molecule has 1 aliphatic heterocycles. The summed E-state index contributed by atoms with van der Waals surface area (Å²) >= 11 is 0. The third-order valence-electron chi connectivity index (χ3n) is 5.01. The molecule has 2 N–H and O–H groups in total. The number of methoxy groups -OCH3 is 1. The Bertz CT molecular complexity index is 942. The number of aliphatic hydroxyl groups excluding tert-OH is 1. The number of rotatable bonds is 8. The molecular weight excluding hydrogens is 386 g/mol. The molecule has 7 heteroatoms. The minimum absolute atomic E-state index is 0.241. The summed E-state index contributed by atoms with van der Waals surface area (Å²) < 4.78 is 21.9. The van der Waals surface area contributed by atoms with Gasteiger partial charge in [-0.25, -0.2) is 4.79 Å². The normalized spacial score (nSPS) is 21.8. The lowest BCUT2D eigenvalue weighted by Gasteiger charge is -2.26. The van der Waals surface area contributed by atoms with Gasteiger partial charge in [-0.2, -0.15) is 0 Å². The molecule has 3 aromatic rings. The fraction of sp³-hybridized carbons (Fsp3) is 0.261. The molecule has 0 saturated carbocycles. The minimum atomic E-state index is -1.13. The summed E-state index contributed by atoms with van der Waals surface area (Å²) in [5.41, 5.74) is 1.67. The largest absolute Gasteiger partial charge is 0.497 e. The van der Waals surface area contributed by atoms with Crippen LogP contribution >= 0.6 is 0 Å². The zero-order valence-electron chi connectivity index (χ0n) is 16.4. The Morgan fingerprint density at radius 3 is 2.50 bits per heavy atom. The molecule has 4 atom stereocenters. The Kier molecular flexibility index (Phi) is 6.02. The molecule has 2 heterocycles. The number of anilines is 1. The highest BCUT2D eigenvalue weighted by Gasteiger charge is 2.49. The highest BCUT2D eigenvalue weighted by molar-refractivity contribution is 5.79. The number of carbonyl (C=O) groups excluding carboxylic acids is 1. The Morgan fingerprint density at radius 2 is 1.83 bits per heavy atom. The number of nitrogens with one attached hydrogen (secondary N) is 1. The Morgan fingerprint density at radius 1 is 1.07 bits per heavy atom. The van der Waals surface area contributed by atoms with Crippen LogP contribution in [-0.4, -0.2) is 36.4 Å². The molecule has 0 amide bonds. The van der Waals surface area contributed by atoms with Crippen molar-refractivity contribution in [2.24, 2.45) is 0 Å². The number of ether oxygens (including phenoxy) is 3. The van der Waals surface area contributed by atoms with Crippen molar-refractivity contribution >= 4 is 11.7 Å². The first-order chi connectivity index (χ1) is 14.7. The van der Waals surface area contributed by atoms with Gasteiger partial charge in [-0.05, 0) is 42.0 Å². The van der Waals surface area contributed by atoms with Crippen molar-refractivity contribution in [3.8, 4) is 5.75 Å². The van der Waals surface area contributed by atoms with Gasteiger partial charge in [-0.1, -0.05) is 30.3 Å². The van der Waals surface area contributed by atoms with Gasteiger partial charge in [0.05, 0.1) is 20.0 Å². The fourth-order valence-electron chi connectivity index (χ4n) is 3.45. The summed E-state index contributed by atoms with van der Waals surface area (Å²) in [4.78, 5) is 12.6. The number of cyclic esters (lactones) is 1. The molecule has 0 spiro atoms. The second kappa shape index (κ2) is 9.02. The van der Waals surface area contributed by atoms with Crippen LogP contribution in [0.1, 0.15) is 17.4 Å². The van der Waals surface area contributed by atoms with Crippen molar-refractivity contribution < 1.29 is 28.5 Å². The first-order valence-corrected chi connectivity index (χ1v) is 9.64. The van der Waals surface area contributed by atoms with E-state index in [0.717, 1.165) is 11.3 Å². The van der Waals surface area contributed by atoms with Gasteiger partial charge in [0, 0.05) is 5.69 Å². The Balaban J connectivity index is 1.56. The van der Waals surface area contributed by atoms with Crippen LogP contribution in [-0.2, 0) is 20.9 Å². The van der Waals surface area contributed by atoms with Crippen LogP contribution in [0.5, 0.6) is 5.75 Å². The van der Waals surface area contributed by atoms with Crippen molar-refractivity contribution in [1.82, 2.24) is 0 Å². The van der Waals surface area contributed by atoms with E-state index in [4.69, 9.17) is 18.6 Å². The molecule has 2 aromatic carbocycles. The maximum Gasteiger partial charge on any atom is 0.338 e. The van der Waals surface area contributed by atoms with Crippen LogP contribution in [0.25, 0.3) is 0 Å². The predicted octanol–water partition coefficient (Wildman–Crippen LogP) is 3.31. The van der Waals surface area contributed by atoms with Crippen molar-refractivity contribution in [2.45, 2.75) is 31.0 Å². The van der Waals surface area contributed by atoms with E-state index in [1.165, 1.54) is 6.26 Å². The number of esters is 1. The average molecular weight is 409 g/mol. The van der Waals surface area contributed by atoms with Gasteiger partial charge in [0.25, 0.3) is 0 Å². The molecule has 1 saturated heterocycles. The van der Waals surface area contributed by atoms with Crippen molar-refractivity contribution in [1.29, 1.82) is 0 Å². The lowest BCUT2D eigenvalue weighted by atomic mass is 10.0. The van der Waals surface area contributed by atoms with Crippen molar-refractivity contribution in [3.63, 3.8) is 0 Å². The van der Waals surface area contributed by atoms with Gasteiger partial charge in [0.1, 0.15) is 17.6 Å². The van der Waals surface area contributed by atoms with E-state index >= 15 is 0 Å². The standard InChI is InChI=1S/C23H23NO6/c1-27-17-11-9-16(10-12-17)24-19-21(20(25)18-8-5-13-28-18)30-23(26)22(19)29-14-15-6-3-2-4-7-15/h2-13,19-22,24-25H,14H2,1H3/t19-,20-,21-,22-/m0/s1. The lowest BCUT2D eigenvalue weighted by molar-refractivity contribution is -0.153. The number of furan rings is 1. The lowest BCUT2D eigenvalue weighted by Crippen LogP contribution is -2.42. The molecule has 0 aliphatic carbocycles. The first-order valence-electron chi connectivity index (χ1n) is 9.64. The molecule has 156 valence electrons. The van der Waals surface area contributed by atoms with Crippen LogP contribution in [0.15, 0.2) is 77.4 Å².